The summed E-state index contributed by atoms with van der Waals surface area (Å²) >= 11 is 0. The van der Waals surface area contributed by atoms with E-state index in [1.54, 1.807) is 4.57 Å². The first kappa shape index (κ1) is 25.0. The highest BCUT2D eigenvalue weighted by atomic mass is 16.2. The number of nitrogens with one attached hydrogen (secondary N) is 1. The number of hydrogen-bond acceptors (Lipinski definition) is 3. The molecule has 6 heteroatoms. The van der Waals surface area contributed by atoms with Gasteiger partial charge in [0.25, 0.3) is 5.56 Å². The maximum absolute atomic E-state index is 13.9. The average Bonchev–Trinajstić information content (AvgIpc) is 2.87. The van der Waals surface area contributed by atoms with E-state index in [0.717, 1.165) is 43.4 Å². The molecule has 1 N–H and O–H groups in total. The van der Waals surface area contributed by atoms with Crippen LogP contribution in [0.4, 0.5) is 4.79 Å². The van der Waals surface area contributed by atoms with Crippen LogP contribution in [0, 0.1) is 5.92 Å². The first-order chi connectivity index (χ1) is 16.9. The normalized spacial score (nSPS) is 15.3. The Balaban J connectivity index is 1.83. The maximum Gasteiger partial charge on any atom is 0.318 e. The molecule has 3 aromatic rings. The molecule has 1 aliphatic rings. The van der Waals surface area contributed by atoms with E-state index < -0.39 is 0 Å². The predicted octanol–water partition coefficient (Wildman–Crippen LogP) is 6.01. The van der Waals surface area contributed by atoms with Crippen LogP contribution in [0.15, 0.2) is 53.3 Å². The summed E-state index contributed by atoms with van der Waals surface area (Å²) in [5.41, 5.74) is 2.46. The lowest BCUT2D eigenvalue weighted by Gasteiger charge is -2.34. The Bertz CT molecular complexity index is 1230. The van der Waals surface area contributed by atoms with Gasteiger partial charge in [-0.3, -0.25) is 9.36 Å². The van der Waals surface area contributed by atoms with E-state index in [4.69, 9.17) is 4.98 Å². The van der Waals surface area contributed by atoms with Gasteiger partial charge in [0.15, 0.2) is 0 Å². The van der Waals surface area contributed by atoms with Gasteiger partial charge in [0.2, 0.25) is 0 Å². The largest absolute Gasteiger partial charge is 0.335 e. The molecule has 35 heavy (non-hydrogen) atoms. The third-order valence-electron chi connectivity index (χ3n) is 7.01. The van der Waals surface area contributed by atoms with Crippen LogP contribution in [0.5, 0.6) is 0 Å². The number of nitrogens with zero attached hydrogens (tertiary/aromatic N) is 3. The Morgan fingerprint density at radius 1 is 1.06 bits per heavy atom. The predicted molar refractivity (Wildman–Crippen MR) is 142 cm³/mol. The highest BCUT2D eigenvalue weighted by molar-refractivity contribution is 5.78. The fraction of sp³-hybridized carbons (Fsp3) is 0.483. The molecule has 1 heterocycles. The van der Waals surface area contributed by atoms with Crippen molar-refractivity contribution in [2.24, 2.45) is 5.92 Å². The van der Waals surface area contributed by atoms with Gasteiger partial charge in [-0.05, 0) is 55.9 Å². The van der Waals surface area contributed by atoms with Crippen molar-refractivity contribution in [1.29, 1.82) is 0 Å². The highest BCUT2D eigenvalue weighted by Crippen LogP contribution is 2.26. The second-order valence-corrected chi connectivity index (χ2v) is 10.1. The van der Waals surface area contributed by atoms with Crippen LogP contribution in [0.2, 0.25) is 0 Å². The Morgan fingerprint density at radius 3 is 2.46 bits per heavy atom. The Labute approximate surface area is 208 Å². The lowest BCUT2D eigenvalue weighted by Crippen LogP contribution is -2.48. The first-order valence-electron chi connectivity index (χ1n) is 13.1. The molecule has 1 unspecified atom stereocenters. The minimum absolute atomic E-state index is 0.0733. The summed E-state index contributed by atoms with van der Waals surface area (Å²) in [5.74, 6) is 0.868. The topological polar surface area (TPSA) is 67.2 Å². The molecule has 186 valence electrons. The van der Waals surface area contributed by atoms with Gasteiger partial charge in [0, 0.05) is 12.6 Å². The number of rotatable bonds is 7. The molecule has 1 saturated carbocycles. The van der Waals surface area contributed by atoms with E-state index in [1.165, 1.54) is 6.42 Å². The van der Waals surface area contributed by atoms with Crippen LogP contribution in [0.1, 0.15) is 77.2 Å². The number of aromatic nitrogens is 2. The smallest absolute Gasteiger partial charge is 0.318 e. The number of carbonyl (C=O) groups excluding carboxylic acids is 1. The quantitative estimate of drug-likeness (QED) is 0.456. The van der Waals surface area contributed by atoms with Gasteiger partial charge < -0.3 is 10.2 Å². The maximum atomic E-state index is 13.9. The molecule has 4 rings (SSSR count). The summed E-state index contributed by atoms with van der Waals surface area (Å²) in [7, 11) is 0. The van der Waals surface area contributed by atoms with Crippen LogP contribution >= 0.6 is 0 Å². The monoisotopic (exact) mass is 474 g/mol. The Morgan fingerprint density at radius 2 is 1.74 bits per heavy atom. The van der Waals surface area contributed by atoms with Crippen LogP contribution in [-0.4, -0.2) is 33.1 Å². The van der Waals surface area contributed by atoms with E-state index in [1.807, 2.05) is 60.4 Å². The van der Waals surface area contributed by atoms with Crippen molar-refractivity contribution < 1.29 is 4.79 Å². The Kier molecular flexibility index (Phi) is 7.89. The number of para-hydroxylation sites is 2. The molecule has 1 atom stereocenters. The van der Waals surface area contributed by atoms with Gasteiger partial charge in [-0.15, -0.1) is 0 Å². The van der Waals surface area contributed by atoms with Gasteiger partial charge in [-0.25, -0.2) is 9.78 Å². The number of hydrogen-bond donors (Lipinski definition) is 1. The molecule has 1 aromatic heterocycles. The molecule has 0 spiro atoms. The third kappa shape index (κ3) is 5.42. The molecule has 0 bridgehead atoms. The van der Waals surface area contributed by atoms with E-state index in [0.29, 0.717) is 23.3 Å². The Hall–Kier alpha value is -3.15. The summed E-state index contributed by atoms with van der Waals surface area (Å²) in [4.78, 5) is 34.3. The van der Waals surface area contributed by atoms with Crippen molar-refractivity contribution in [1.82, 2.24) is 19.8 Å². The SMILES string of the molecule is CCc1ccccc1-n1c(C(C)N(CC(C)C)C(=O)NC2CCCCC2)nc2ccccc2c1=O. The number of carbonyl (C=O) groups is 1. The zero-order valence-electron chi connectivity index (χ0n) is 21.5. The fourth-order valence-corrected chi connectivity index (χ4v) is 5.15. The van der Waals surface area contributed by atoms with Gasteiger partial charge in [-0.1, -0.05) is 70.4 Å². The van der Waals surface area contributed by atoms with E-state index in [2.05, 4.69) is 26.1 Å². The average molecular weight is 475 g/mol. The van der Waals surface area contributed by atoms with E-state index >= 15 is 0 Å². The molecule has 0 aliphatic heterocycles. The summed E-state index contributed by atoms with van der Waals surface area (Å²) in [5, 5.41) is 3.86. The molecule has 0 saturated heterocycles. The van der Waals surface area contributed by atoms with Gasteiger partial charge in [0.1, 0.15) is 5.82 Å². The summed E-state index contributed by atoms with van der Waals surface area (Å²) in [6.07, 6.45) is 6.40. The molecule has 6 nitrogen and oxygen atoms in total. The van der Waals surface area contributed by atoms with Gasteiger partial charge in [-0.2, -0.15) is 0 Å². The van der Waals surface area contributed by atoms with Crippen molar-refractivity contribution in [2.75, 3.05) is 6.54 Å². The molecule has 1 fully saturated rings. The number of aryl methyl sites for hydroxylation is 1. The summed E-state index contributed by atoms with van der Waals surface area (Å²) in [6.45, 7) is 8.88. The van der Waals surface area contributed by atoms with Crippen molar-refractivity contribution in [3.8, 4) is 5.69 Å². The second-order valence-electron chi connectivity index (χ2n) is 10.1. The van der Waals surface area contributed by atoms with E-state index in [9.17, 15) is 9.59 Å². The van der Waals surface area contributed by atoms with Crippen molar-refractivity contribution in [3.63, 3.8) is 0 Å². The second kappa shape index (κ2) is 11.1. The first-order valence-corrected chi connectivity index (χ1v) is 13.1. The molecule has 2 amide bonds. The molecule has 0 radical (unpaired) electrons. The standard InChI is InChI=1S/C29H38N4O2/c1-5-22-13-9-12-18-26(22)33-27(31-25-17-11-10-16-24(25)28(33)34)21(4)32(19-20(2)3)29(35)30-23-14-7-6-8-15-23/h9-13,16-18,20-21,23H,5-8,14-15,19H2,1-4H3,(H,30,35). The van der Waals surface area contributed by atoms with Crippen molar-refractivity contribution in [3.05, 3.63) is 70.3 Å². The fourth-order valence-electron chi connectivity index (χ4n) is 5.15. The van der Waals surface area contributed by atoms with Crippen LogP contribution < -0.4 is 10.9 Å². The number of benzene rings is 2. The van der Waals surface area contributed by atoms with Crippen LogP contribution in [-0.2, 0) is 6.42 Å². The highest BCUT2D eigenvalue weighted by Gasteiger charge is 2.29. The number of amides is 2. The lowest BCUT2D eigenvalue weighted by atomic mass is 9.96. The molecule has 1 aliphatic carbocycles. The number of fused-ring (bicyclic) bond motifs is 1. The molecule has 2 aromatic carbocycles. The van der Waals surface area contributed by atoms with Crippen LogP contribution in [0.25, 0.3) is 16.6 Å². The molecular weight excluding hydrogens is 436 g/mol. The summed E-state index contributed by atoms with van der Waals surface area (Å²) in [6, 6.07) is 15.2. The minimum Gasteiger partial charge on any atom is -0.335 e. The van der Waals surface area contributed by atoms with Crippen LogP contribution in [0.3, 0.4) is 0 Å². The summed E-state index contributed by atoms with van der Waals surface area (Å²) < 4.78 is 1.73. The van der Waals surface area contributed by atoms with Crippen molar-refractivity contribution in [2.45, 2.75) is 78.3 Å². The van der Waals surface area contributed by atoms with Crippen molar-refractivity contribution >= 4 is 16.9 Å². The molecular formula is C29H38N4O2. The lowest BCUT2D eigenvalue weighted by molar-refractivity contribution is 0.160. The van der Waals surface area contributed by atoms with Gasteiger partial charge in [0.05, 0.1) is 22.6 Å². The van der Waals surface area contributed by atoms with E-state index in [-0.39, 0.29) is 29.6 Å². The zero-order valence-corrected chi connectivity index (χ0v) is 21.5. The third-order valence-corrected chi connectivity index (χ3v) is 7.01. The minimum atomic E-state index is -0.386. The van der Waals surface area contributed by atoms with Gasteiger partial charge >= 0.3 is 6.03 Å². The zero-order chi connectivity index (χ0) is 24.9. The number of urea groups is 1.